The molecule has 0 saturated carbocycles. The largest absolute Gasteiger partial charge is 0.305 e. The molecule has 0 saturated heterocycles. The first-order valence-electron chi connectivity index (χ1n) is 7.32. The normalized spacial score (nSPS) is 12.5. The van der Waals surface area contributed by atoms with E-state index in [9.17, 15) is 0 Å². The Bertz CT molecular complexity index is 495. The summed E-state index contributed by atoms with van der Waals surface area (Å²) < 4.78 is 0.865. The number of hydrogen-bond donors (Lipinski definition) is 1. The molecule has 0 bridgehead atoms. The molecule has 0 spiro atoms. The molecule has 1 N–H and O–H groups in total. The smallest absolute Gasteiger partial charge is 0.0931 e. The first-order valence-corrected chi connectivity index (χ1v) is 8.51. The highest BCUT2D eigenvalue weighted by Crippen LogP contribution is 2.24. The lowest BCUT2D eigenvalue weighted by molar-refractivity contribution is 0.475. The standard InChI is InChI=1S/C17H22ClNS/c1-2-3-5-10-16(14-8-6-4-7-9-14)19-13-15-11-12-17(18)20-15/h4,6-9,11-12,16,19H,2-3,5,10,13H2,1H3. The maximum atomic E-state index is 5.99. The zero-order chi connectivity index (χ0) is 14.2. The molecule has 1 aromatic carbocycles. The van der Waals surface area contributed by atoms with Gasteiger partial charge in [-0.05, 0) is 24.1 Å². The van der Waals surface area contributed by atoms with E-state index in [0.29, 0.717) is 6.04 Å². The second kappa shape index (κ2) is 8.46. The van der Waals surface area contributed by atoms with Crippen LogP contribution < -0.4 is 5.32 Å². The average Bonchev–Trinajstić information content (AvgIpc) is 2.89. The first-order chi connectivity index (χ1) is 9.79. The lowest BCUT2D eigenvalue weighted by Crippen LogP contribution is -2.20. The fourth-order valence-corrected chi connectivity index (χ4v) is 3.38. The third kappa shape index (κ3) is 4.93. The van der Waals surface area contributed by atoms with Gasteiger partial charge in [-0.25, -0.2) is 0 Å². The van der Waals surface area contributed by atoms with Crippen LogP contribution in [0.1, 0.15) is 49.1 Å². The Hall–Kier alpha value is -0.830. The molecule has 20 heavy (non-hydrogen) atoms. The Kier molecular flexibility index (Phi) is 6.58. The fraction of sp³-hybridized carbons (Fsp3) is 0.412. The summed E-state index contributed by atoms with van der Waals surface area (Å²) >= 11 is 7.64. The summed E-state index contributed by atoms with van der Waals surface area (Å²) in [6.45, 7) is 3.14. The number of nitrogens with one attached hydrogen (secondary N) is 1. The van der Waals surface area contributed by atoms with E-state index in [2.05, 4.69) is 48.6 Å². The molecule has 0 aliphatic heterocycles. The van der Waals surface area contributed by atoms with E-state index < -0.39 is 0 Å². The van der Waals surface area contributed by atoms with Gasteiger partial charge in [0.2, 0.25) is 0 Å². The number of benzene rings is 1. The Balaban J connectivity index is 1.95. The van der Waals surface area contributed by atoms with Gasteiger partial charge in [0, 0.05) is 17.5 Å². The van der Waals surface area contributed by atoms with Gasteiger partial charge in [0.25, 0.3) is 0 Å². The minimum absolute atomic E-state index is 0.434. The fourth-order valence-electron chi connectivity index (χ4n) is 2.34. The van der Waals surface area contributed by atoms with Gasteiger partial charge in [0.15, 0.2) is 0 Å². The lowest BCUT2D eigenvalue weighted by Gasteiger charge is -2.19. The minimum atomic E-state index is 0.434. The highest BCUT2D eigenvalue weighted by molar-refractivity contribution is 7.16. The van der Waals surface area contributed by atoms with Crippen molar-refractivity contribution in [1.29, 1.82) is 0 Å². The third-order valence-corrected chi connectivity index (χ3v) is 4.68. The molecule has 0 aliphatic carbocycles. The molecular formula is C17H22ClNS. The molecule has 1 nitrogen and oxygen atoms in total. The zero-order valence-corrected chi connectivity index (χ0v) is 13.5. The van der Waals surface area contributed by atoms with Gasteiger partial charge in [-0.3, -0.25) is 0 Å². The topological polar surface area (TPSA) is 12.0 Å². The molecule has 2 aromatic rings. The van der Waals surface area contributed by atoms with Crippen LogP contribution in [0.5, 0.6) is 0 Å². The maximum Gasteiger partial charge on any atom is 0.0931 e. The van der Waals surface area contributed by atoms with Crippen LogP contribution in [-0.2, 0) is 6.54 Å². The van der Waals surface area contributed by atoms with Crippen molar-refractivity contribution in [3.8, 4) is 0 Å². The Morgan fingerprint density at radius 2 is 1.90 bits per heavy atom. The summed E-state index contributed by atoms with van der Waals surface area (Å²) in [7, 11) is 0. The molecule has 2 rings (SSSR count). The summed E-state index contributed by atoms with van der Waals surface area (Å²) in [4.78, 5) is 1.30. The summed E-state index contributed by atoms with van der Waals surface area (Å²) in [5.74, 6) is 0. The van der Waals surface area contributed by atoms with E-state index >= 15 is 0 Å². The van der Waals surface area contributed by atoms with Gasteiger partial charge in [0.1, 0.15) is 0 Å². The molecule has 1 aromatic heterocycles. The van der Waals surface area contributed by atoms with Crippen LogP contribution in [0.15, 0.2) is 42.5 Å². The molecule has 0 radical (unpaired) electrons. The number of hydrogen-bond acceptors (Lipinski definition) is 2. The third-order valence-electron chi connectivity index (χ3n) is 3.45. The summed E-state index contributed by atoms with van der Waals surface area (Å²) in [6, 6.07) is 15.2. The van der Waals surface area contributed by atoms with E-state index in [0.717, 1.165) is 10.9 Å². The zero-order valence-electron chi connectivity index (χ0n) is 11.9. The van der Waals surface area contributed by atoms with Crippen molar-refractivity contribution in [3.05, 3.63) is 57.2 Å². The molecule has 0 fully saturated rings. The van der Waals surface area contributed by atoms with E-state index in [4.69, 9.17) is 11.6 Å². The molecule has 1 atom stereocenters. The van der Waals surface area contributed by atoms with Gasteiger partial charge in [-0.1, -0.05) is 68.1 Å². The van der Waals surface area contributed by atoms with Crippen LogP contribution in [0, 0.1) is 0 Å². The van der Waals surface area contributed by atoms with Gasteiger partial charge in [-0.2, -0.15) is 0 Å². The van der Waals surface area contributed by atoms with Gasteiger partial charge < -0.3 is 5.32 Å². The molecule has 1 heterocycles. The predicted molar refractivity (Wildman–Crippen MR) is 89.5 cm³/mol. The van der Waals surface area contributed by atoms with Crippen molar-refractivity contribution in [2.24, 2.45) is 0 Å². The molecular weight excluding hydrogens is 286 g/mol. The predicted octanol–water partition coefficient (Wildman–Crippen LogP) is 5.81. The maximum absolute atomic E-state index is 5.99. The van der Waals surface area contributed by atoms with Gasteiger partial charge >= 0.3 is 0 Å². The molecule has 3 heteroatoms. The summed E-state index contributed by atoms with van der Waals surface area (Å²) in [6.07, 6.45) is 5.03. The van der Waals surface area contributed by atoms with Crippen LogP contribution in [0.3, 0.4) is 0 Å². The van der Waals surface area contributed by atoms with Crippen LogP contribution in [0.25, 0.3) is 0 Å². The van der Waals surface area contributed by atoms with Crippen molar-refractivity contribution >= 4 is 22.9 Å². The molecule has 0 aliphatic rings. The number of rotatable bonds is 8. The molecule has 0 amide bonds. The second-order valence-corrected chi connectivity index (χ2v) is 6.85. The van der Waals surface area contributed by atoms with Gasteiger partial charge in [-0.15, -0.1) is 11.3 Å². The second-order valence-electron chi connectivity index (χ2n) is 5.05. The average molecular weight is 308 g/mol. The van der Waals surface area contributed by atoms with Crippen LogP contribution >= 0.6 is 22.9 Å². The van der Waals surface area contributed by atoms with Crippen LogP contribution in [0.2, 0.25) is 4.34 Å². The number of halogens is 1. The van der Waals surface area contributed by atoms with E-state index in [-0.39, 0.29) is 0 Å². The van der Waals surface area contributed by atoms with Gasteiger partial charge in [0.05, 0.1) is 4.34 Å². The molecule has 1 unspecified atom stereocenters. The highest BCUT2D eigenvalue weighted by Gasteiger charge is 2.10. The van der Waals surface area contributed by atoms with Crippen molar-refractivity contribution in [2.75, 3.05) is 0 Å². The first kappa shape index (κ1) is 15.6. The van der Waals surface area contributed by atoms with Crippen molar-refractivity contribution in [3.63, 3.8) is 0 Å². The van der Waals surface area contributed by atoms with E-state index in [1.807, 2.05) is 6.07 Å². The van der Waals surface area contributed by atoms with E-state index in [1.54, 1.807) is 11.3 Å². The number of thiophene rings is 1. The van der Waals surface area contributed by atoms with Crippen LogP contribution in [0.4, 0.5) is 0 Å². The van der Waals surface area contributed by atoms with E-state index in [1.165, 1.54) is 36.1 Å². The highest BCUT2D eigenvalue weighted by atomic mass is 35.5. The van der Waals surface area contributed by atoms with Crippen molar-refractivity contribution < 1.29 is 0 Å². The minimum Gasteiger partial charge on any atom is -0.305 e. The van der Waals surface area contributed by atoms with Crippen molar-refractivity contribution in [1.82, 2.24) is 5.32 Å². The summed E-state index contributed by atoms with van der Waals surface area (Å²) in [5.41, 5.74) is 1.38. The Morgan fingerprint density at radius 1 is 1.10 bits per heavy atom. The van der Waals surface area contributed by atoms with Crippen molar-refractivity contribution in [2.45, 2.75) is 45.2 Å². The monoisotopic (exact) mass is 307 g/mol. The number of unbranched alkanes of at least 4 members (excludes halogenated alkanes) is 2. The lowest BCUT2D eigenvalue weighted by atomic mass is 10.0. The molecule has 108 valence electrons. The van der Waals surface area contributed by atoms with Crippen LogP contribution in [-0.4, -0.2) is 0 Å². The quantitative estimate of drug-likeness (QED) is 0.607. The SMILES string of the molecule is CCCCCC(NCc1ccc(Cl)s1)c1ccccc1. The summed E-state index contributed by atoms with van der Waals surface area (Å²) in [5, 5.41) is 3.68. The Labute approximate surface area is 131 Å². The Morgan fingerprint density at radius 3 is 2.55 bits per heavy atom.